The molecule has 1 fully saturated rings. The zero-order chi connectivity index (χ0) is 15.2. The predicted octanol–water partition coefficient (Wildman–Crippen LogP) is 2.42. The smallest absolute Gasteiger partial charge is 0.325 e. The Hall–Kier alpha value is -0.610. The van der Waals surface area contributed by atoms with Crippen LogP contribution in [0.4, 0.5) is 0 Å². The molecule has 1 aliphatic rings. The van der Waals surface area contributed by atoms with E-state index >= 15 is 0 Å². The van der Waals surface area contributed by atoms with Gasteiger partial charge in [0, 0.05) is 6.54 Å². The van der Waals surface area contributed by atoms with Gasteiger partial charge in [-0.25, -0.2) is 0 Å². The topological polar surface area (TPSA) is 55.6 Å². The summed E-state index contributed by atoms with van der Waals surface area (Å²) in [5, 5.41) is 0. The molecule has 2 atom stereocenters. The van der Waals surface area contributed by atoms with Crippen molar-refractivity contribution < 1.29 is 9.53 Å². The Balaban J connectivity index is 2.17. The standard InChI is InChI=1S/C16H32N2O2/c1-5-20-15(19)16(4,17)9-6-7-10-18-11-8-14(12-18)13(2)3/h13-14H,5-12,17H2,1-4H3. The summed E-state index contributed by atoms with van der Waals surface area (Å²) >= 11 is 0. The normalized spacial score (nSPS) is 23.0. The first-order valence-electron chi connectivity index (χ1n) is 8.05. The van der Waals surface area contributed by atoms with Crippen LogP contribution in [0, 0.1) is 11.8 Å². The fourth-order valence-corrected chi connectivity index (χ4v) is 2.84. The van der Waals surface area contributed by atoms with Crippen LogP contribution in [-0.4, -0.2) is 42.6 Å². The van der Waals surface area contributed by atoms with Crippen molar-refractivity contribution in [1.29, 1.82) is 0 Å². The number of rotatable bonds is 8. The molecule has 4 heteroatoms. The lowest BCUT2D eigenvalue weighted by Gasteiger charge is -2.23. The molecule has 1 heterocycles. The summed E-state index contributed by atoms with van der Waals surface area (Å²) in [6.07, 6.45) is 4.12. The molecule has 118 valence electrons. The number of nitrogens with two attached hydrogens (primary N) is 1. The van der Waals surface area contributed by atoms with E-state index in [1.807, 2.05) is 6.92 Å². The van der Waals surface area contributed by atoms with E-state index in [0.29, 0.717) is 13.0 Å². The SMILES string of the molecule is CCOC(=O)C(C)(N)CCCCN1CCC(C(C)C)C1. The molecule has 0 spiro atoms. The van der Waals surface area contributed by atoms with Crippen LogP contribution in [0.5, 0.6) is 0 Å². The maximum absolute atomic E-state index is 11.7. The minimum Gasteiger partial charge on any atom is -0.465 e. The zero-order valence-corrected chi connectivity index (χ0v) is 13.7. The van der Waals surface area contributed by atoms with Crippen molar-refractivity contribution in [2.45, 2.75) is 58.9 Å². The Morgan fingerprint density at radius 3 is 2.70 bits per heavy atom. The zero-order valence-electron chi connectivity index (χ0n) is 13.7. The van der Waals surface area contributed by atoms with Gasteiger partial charge in [-0.15, -0.1) is 0 Å². The molecule has 0 aliphatic carbocycles. The third-order valence-corrected chi connectivity index (χ3v) is 4.41. The van der Waals surface area contributed by atoms with E-state index in [9.17, 15) is 4.79 Å². The lowest BCUT2D eigenvalue weighted by atomic mass is 9.95. The van der Waals surface area contributed by atoms with Crippen LogP contribution in [0.3, 0.4) is 0 Å². The van der Waals surface area contributed by atoms with Crippen LogP contribution < -0.4 is 5.73 Å². The molecule has 20 heavy (non-hydrogen) atoms. The number of likely N-dealkylation sites (tertiary alicyclic amines) is 1. The third kappa shape index (κ3) is 5.41. The van der Waals surface area contributed by atoms with Gasteiger partial charge in [-0.1, -0.05) is 13.8 Å². The summed E-state index contributed by atoms with van der Waals surface area (Å²) in [5.74, 6) is 1.37. The van der Waals surface area contributed by atoms with E-state index < -0.39 is 5.54 Å². The number of hydrogen-bond donors (Lipinski definition) is 1. The highest BCUT2D eigenvalue weighted by Gasteiger charge is 2.29. The van der Waals surface area contributed by atoms with Gasteiger partial charge in [-0.2, -0.15) is 0 Å². The second-order valence-electron chi connectivity index (χ2n) is 6.69. The van der Waals surface area contributed by atoms with Crippen LogP contribution in [-0.2, 0) is 9.53 Å². The van der Waals surface area contributed by atoms with Crippen LogP contribution in [0.1, 0.15) is 53.4 Å². The number of carbonyl (C=O) groups excluding carboxylic acids is 1. The van der Waals surface area contributed by atoms with Crippen LogP contribution in [0.25, 0.3) is 0 Å². The summed E-state index contributed by atoms with van der Waals surface area (Å²) in [7, 11) is 0. The van der Waals surface area contributed by atoms with Crippen molar-refractivity contribution in [2.75, 3.05) is 26.2 Å². The molecule has 0 aromatic rings. The fourth-order valence-electron chi connectivity index (χ4n) is 2.84. The molecule has 0 bridgehead atoms. The Morgan fingerprint density at radius 1 is 1.45 bits per heavy atom. The Morgan fingerprint density at radius 2 is 2.15 bits per heavy atom. The molecule has 0 aromatic carbocycles. The minimum atomic E-state index is -0.832. The first-order valence-corrected chi connectivity index (χ1v) is 8.05. The van der Waals surface area contributed by atoms with Crippen molar-refractivity contribution in [3.8, 4) is 0 Å². The first-order chi connectivity index (χ1) is 9.36. The Bertz CT molecular complexity index is 303. The number of carbonyl (C=O) groups is 1. The van der Waals surface area contributed by atoms with Gasteiger partial charge in [0.2, 0.25) is 0 Å². The van der Waals surface area contributed by atoms with Gasteiger partial charge in [0.25, 0.3) is 0 Å². The number of unbranched alkanes of at least 4 members (excludes halogenated alkanes) is 1. The monoisotopic (exact) mass is 284 g/mol. The summed E-state index contributed by atoms with van der Waals surface area (Å²) < 4.78 is 5.00. The average molecular weight is 284 g/mol. The first kappa shape index (κ1) is 17.4. The molecule has 1 rings (SSSR count). The van der Waals surface area contributed by atoms with Crippen LogP contribution in [0.2, 0.25) is 0 Å². The minimum absolute atomic E-state index is 0.277. The number of hydrogen-bond acceptors (Lipinski definition) is 4. The molecule has 0 saturated carbocycles. The van der Waals surface area contributed by atoms with E-state index in [0.717, 1.165) is 31.2 Å². The summed E-state index contributed by atoms with van der Waals surface area (Å²) in [5.41, 5.74) is 5.18. The third-order valence-electron chi connectivity index (χ3n) is 4.41. The van der Waals surface area contributed by atoms with Gasteiger partial charge in [0.1, 0.15) is 5.54 Å². The summed E-state index contributed by atoms with van der Waals surface area (Å²) in [6.45, 7) is 12.2. The largest absolute Gasteiger partial charge is 0.465 e. The van der Waals surface area contributed by atoms with E-state index in [-0.39, 0.29) is 5.97 Å². The fraction of sp³-hybridized carbons (Fsp3) is 0.938. The molecular weight excluding hydrogens is 252 g/mol. The van der Waals surface area contributed by atoms with Crippen molar-refractivity contribution in [3.05, 3.63) is 0 Å². The molecule has 1 saturated heterocycles. The van der Waals surface area contributed by atoms with Crippen molar-refractivity contribution in [2.24, 2.45) is 17.6 Å². The van der Waals surface area contributed by atoms with Crippen molar-refractivity contribution in [1.82, 2.24) is 4.90 Å². The second-order valence-corrected chi connectivity index (χ2v) is 6.69. The Labute approximate surface area is 124 Å². The maximum atomic E-state index is 11.7. The molecule has 0 amide bonds. The molecule has 2 unspecified atom stereocenters. The second kappa shape index (κ2) is 7.99. The maximum Gasteiger partial charge on any atom is 0.325 e. The molecule has 0 aromatic heterocycles. The van der Waals surface area contributed by atoms with Gasteiger partial charge in [-0.3, -0.25) is 4.79 Å². The van der Waals surface area contributed by atoms with Gasteiger partial charge in [0.15, 0.2) is 0 Å². The molecule has 1 aliphatic heterocycles. The molecule has 0 radical (unpaired) electrons. The van der Waals surface area contributed by atoms with Gasteiger partial charge < -0.3 is 15.4 Å². The van der Waals surface area contributed by atoms with Crippen molar-refractivity contribution >= 4 is 5.97 Å². The van der Waals surface area contributed by atoms with Gasteiger partial charge >= 0.3 is 5.97 Å². The Kier molecular flexibility index (Phi) is 6.96. The van der Waals surface area contributed by atoms with Crippen molar-refractivity contribution in [3.63, 3.8) is 0 Å². The predicted molar refractivity (Wildman–Crippen MR) is 82.5 cm³/mol. The van der Waals surface area contributed by atoms with E-state index in [1.54, 1.807) is 6.92 Å². The average Bonchev–Trinajstić information content (AvgIpc) is 2.84. The van der Waals surface area contributed by atoms with E-state index in [1.165, 1.54) is 19.5 Å². The van der Waals surface area contributed by atoms with E-state index in [4.69, 9.17) is 10.5 Å². The lowest BCUT2D eigenvalue weighted by Crippen LogP contribution is -2.46. The molecule has 4 nitrogen and oxygen atoms in total. The quantitative estimate of drug-likeness (QED) is 0.549. The highest BCUT2D eigenvalue weighted by Crippen LogP contribution is 2.24. The highest BCUT2D eigenvalue weighted by atomic mass is 16.5. The summed E-state index contributed by atoms with van der Waals surface area (Å²) in [6, 6.07) is 0. The van der Waals surface area contributed by atoms with Gasteiger partial charge in [0.05, 0.1) is 6.61 Å². The lowest BCUT2D eigenvalue weighted by molar-refractivity contribution is -0.149. The van der Waals surface area contributed by atoms with Crippen LogP contribution >= 0.6 is 0 Å². The summed E-state index contributed by atoms with van der Waals surface area (Å²) in [4.78, 5) is 14.2. The molecule has 2 N–H and O–H groups in total. The number of esters is 1. The van der Waals surface area contributed by atoms with Gasteiger partial charge in [-0.05, 0) is 64.5 Å². The van der Waals surface area contributed by atoms with Crippen LogP contribution in [0.15, 0.2) is 0 Å². The number of ether oxygens (including phenoxy) is 1. The highest BCUT2D eigenvalue weighted by molar-refractivity contribution is 5.79. The molecular formula is C16H32N2O2. The number of nitrogens with zero attached hydrogens (tertiary/aromatic N) is 1. The van der Waals surface area contributed by atoms with E-state index in [2.05, 4.69) is 18.7 Å².